The molecule has 1 fully saturated rings. The molecular weight excluding hydrogens is 340 g/mol. The minimum atomic E-state index is -0.385. The standard InChI is InChI=1S/C17H16N4O3S/c22-21(23)15-4-2-1-3-13(15)18-12-5-6-14-16(11-12)25-17(19-14)20-7-9-24-10-8-20/h1-6,11,18H,7-10H2. The molecule has 1 N–H and O–H groups in total. The summed E-state index contributed by atoms with van der Waals surface area (Å²) in [6.07, 6.45) is 0. The summed E-state index contributed by atoms with van der Waals surface area (Å²) in [6.45, 7) is 3.14. The summed E-state index contributed by atoms with van der Waals surface area (Å²) >= 11 is 1.62. The molecule has 1 aliphatic rings. The number of rotatable bonds is 4. The molecule has 7 nitrogen and oxygen atoms in total. The van der Waals surface area contributed by atoms with Crippen LogP contribution >= 0.6 is 11.3 Å². The van der Waals surface area contributed by atoms with Crippen molar-refractivity contribution in [2.24, 2.45) is 0 Å². The zero-order valence-corrected chi connectivity index (χ0v) is 14.2. The van der Waals surface area contributed by atoms with Crippen molar-refractivity contribution >= 4 is 43.7 Å². The normalized spacial score (nSPS) is 14.6. The molecule has 1 aromatic heterocycles. The molecule has 0 spiro atoms. The van der Waals surface area contributed by atoms with Crippen LogP contribution in [0.3, 0.4) is 0 Å². The number of benzene rings is 2. The van der Waals surface area contributed by atoms with Gasteiger partial charge in [0.1, 0.15) is 5.69 Å². The Morgan fingerprint density at radius 2 is 2.00 bits per heavy atom. The number of nitrogens with one attached hydrogen (secondary N) is 1. The van der Waals surface area contributed by atoms with E-state index in [9.17, 15) is 10.1 Å². The van der Waals surface area contributed by atoms with Gasteiger partial charge in [0.15, 0.2) is 5.13 Å². The number of hydrogen-bond donors (Lipinski definition) is 1. The molecule has 25 heavy (non-hydrogen) atoms. The van der Waals surface area contributed by atoms with Gasteiger partial charge in [-0.1, -0.05) is 23.5 Å². The van der Waals surface area contributed by atoms with E-state index in [-0.39, 0.29) is 10.6 Å². The molecule has 0 atom stereocenters. The number of nitrogens with zero attached hydrogens (tertiary/aromatic N) is 3. The van der Waals surface area contributed by atoms with Crippen LogP contribution in [0.1, 0.15) is 0 Å². The van der Waals surface area contributed by atoms with E-state index in [4.69, 9.17) is 4.74 Å². The van der Waals surface area contributed by atoms with Crippen molar-refractivity contribution in [1.82, 2.24) is 4.98 Å². The van der Waals surface area contributed by atoms with Crippen molar-refractivity contribution in [3.8, 4) is 0 Å². The van der Waals surface area contributed by atoms with Gasteiger partial charge in [0.05, 0.1) is 28.4 Å². The number of thiazole rings is 1. The molecule has 0 unspecified atom stereocenters. The fourth-order valence-electron chi connectivity index (χ4n) is 2.77. The molecule has 0 amide bonds. The lowest BCUT2D eigenvalue weighted by atomic mass is 10.2. The Kier molecular flexibility index (Phi) is 4.21. The summed E-state index contributed by atoms with van der Waals surface area (Å²) in [4.78, 5) is 17.7. The quantitative estimate of drug-likeness (QED) is 0.566. The number of morpholine rings is 1. The first-order chi connectivity index (χ1) is 12.2. The van der Waals surface area contributed by atoms with Gasteiger partial charge in [-0.3, -0.25) is 10.1 Å². The number of ether oxygens (including phenoxy) is 1. The van der Waals surface area contributed by atoms with E-state index in [1.165, 1.54) is 6.07 Å². The Balaban J connectivity index is 1.62. The number of nitro benzene ring substituents is 1. The third kappa shape index (κ3) is 3.26. The minimum absolute atomic E-state index is 0.0564. The van der Waals surface area contributed by atoms with E-state index in [0.717, 1.165) is 47.3 Å². The molecule has 0 aliphatic carbocycles. The van der Waals surface area contributed by atoms with Crippen molar-refractivity contribution in [3.05, 3.63) is 52.6 Å². The maximum atomic E-state index is 11.1. The SMILES string of the molecule is O=[N+]([O-])c1ccccc1Nc1ccc2nc(N3CCOCC3)sc2c1. The minimum Gasteiger partial charge on any atom is -0.378 e. The summed E-state index contributed by atoms with van der Waals surface area (Å²) in [5.41, 5.74) is 2.27. The average Bonchev–Trinajstić information content (AvgIpc) is 3.06. The van der Waals surface area contributed by atoms with Crippen LogP contribution in [-0.2, 0) is 4.74 Å². The van der Waals surface area contributed by atoms with E-state index in [0.29, 0.717) is 5.69 Å². The fraction of sp³-hybridized carbons (Fsp3) is 0.235. The van der Waals surface area contributed by atoms with Crippen LogP contribution in [0.15, 0.2) is 42.5 Å². The van der Waals surface area contributed by atoms with Crippen LogP contribution in [0.5, 0.6) is 0 Å². The van der Waals surface area contributed by atoms with Gasteiger partial charge in [-0.2, -0.15) is 0 Å². The number of hydrogen-bond acceptors (Lipinski definition) is 7. The first-order valence-corrected chi connectivity index (χ1v) is 8.76. The third-order valence-corrected chi connectivity index (χ3v) is 5.12. The Morgan fingerprint density at radius 1 is 1.20 bits per heavy atom. The van der Waals surface area contributed by atoms with Gasteiger partial charge in [0, 0.05) is 24.8 Å². The van der Waals surface area contributed by atoms with E-state index >= 15 is 0 Å². The summed E-state index contributed by atoms with van der Waals surface area (Å²) in [5.74, 6) is 0. The molecule has 2 aromatic carbocycles. The number of nitro groups is 1. The first-order valence-electron chi connectivity index (χ1n) is 7.94. The van der Waals surface area contributed by atoms with Gasteiger partial charge in [-0.05, 0) is 24.3 Å². The Hall–Kier alpha value is -2.71. The van der Waals surface area contributed by atoms with Crippen molar-refractivity contribution in [2.45, 2.75) is 0 Å². The highest BCUT2D eigenvalue weighted by molar-refractivity contribution is 7.22. The first kappa shape index (κ1) is 15.8. The zero-order valence-electron chi connectivity index (χ0n) is 13.3. The van der Waals surface area contributed by atoms with Crippen molar-refractivity contribution < 1.29 is 9.66 Å². The highest BCUT2D eigenvalue weighted by Crippen LogP contribution is 2.33. The topological polar surface area (TPSA) is 80.5 Å². The van der Waals surface area contributed by atoms with Crippen LogP contribution in [0.2, 0.25) is 0 Å². The van der Waals surface area contributed by atoms with Gasteiger partial charge in [-0.25, -0.2) is 4.98 Å². The molecule has 1 saturated heterocycles. The van der Waals surface area contributed by atoms with Gasteiger partial charge in [0.2, 0.25) is 0 Å². The van der Waals surface area contributed by atoms with Gasteiger partial charge >= 0.3 is 0 Å². The lowest BCUT2D eigenvalue weighted by Crippen LogP contribution is -2.36. The summed E-state index contributed by atoms with van der Waals surface area (Å²) in [6, 6.07) is 12.4. The second kappa shape index (κ2) is 6.66. The maximum Gasteiger partial charge on any atom is 0.292 e. The zero-order chi connectivity index (χ0) is 17.2. The number of aromatic nitrogens is 1. The lowest BCUT2D eigenvalue weighted by molar-refractivity contribution is -0.383. The predicted octanol–water partition coefficient (Wildman–Crippen LogP) is 3.78. The van der Waals surface area contributed by atoms with Crippen molar-refractivity contribution in [2.75, 3.05) is 36.5 Å². The van der Waals surface area contributed by atoms with E-state index in [1.54, 1.807) is 29.5 Å². The van der Waals surface area contributed by atoms with Crippen LogP contribution in [-0.4, -0.2) is 36.2 Å². The molecule has 1 aliphatic heterocycles. The fourth-order valence-corrected chi connectivity index (χ4v) is 3.83. The van der Waals surface area contributed by atoms with Gasteiger partial charge < -0.3 is 15.0 Å². The molecule has 8 heteroatoms. The van der Waals surface area contributed by atoms with Crippen LogP contribution in [0.4, 0.5) is 22.2 Å². The third-order valence-electron chi connectivity index (χ3n) is 4.04. The smallest absolute Gasteiger partial charge is 0.292 e. The van der Waals surface area contributed by atoms with Gasteiger partial charge in [0.25, 0.3) is 5.69 Å². The van der Waals surface area contributed by atoms with E-state index in [1.807, 2.05) is 18.2 Å². The predicted molar refractivity (Wildman–Crippen MR) is 99.0 cm³/mol. The lowest BCUT2D eigenvalue weighted by Gasteiger charge is -2.25. The van der Waals surface area contributed by atoms with Gasteiger partial charge in [-0.15, -0.1) is 0 Å². The monoisotopic (exact) mass is 356 g/mol. The van der Waals surface area contributed by atoms with E-state index < -0.39 is 0 Å². The molecule has 0 bridgehead atoms. The summed E-state index contributed by atoms with van der Waals surface area (Å²) < 4.78 is 6.43. The molecule has 0 radical (unpaired) electrons. The molecule has 2 heterocycles. The maximum absolute atomic E-state index is 11.1. The Morgan fingerprint density at radius 3 is 2.80 bits per heavy atom. The van der Waals surface area contributed by atoms with Crippen molar-refractivity contribution in [1.29, 1.82) is 0 Å². The van der Waals surface area contributed by atoms with Crippen LogP contribution in [0.25, 0.3) is 10.2 Å². The van der Waals surface area contributed by atoms with Crippen LogP contribution in [0, 0.1) is 10.1 Å². The highest BCUT2D eigenvalue weighted by atomic mass is 32.1. The van der Waals surface area contributed by atoms with Crippen LogP contribution < -0.4 is 10.2 Å². The second-order valence-electron chi connectivity index (χ2n) is 5.68. The molecule has 4 rings (SSSR count). The average molecular weight is 356 g/mol. The summed E-state index contributed by atoms with van der Waals surface area (Å²) in [5, 5.41) is 15.3. The largest absolute Gasteiger partial charge is 0.378 e. The van der Waals surface area contributed by atoms with E-state index in [2.05, 4.69) is 15.2 Å². The molecular formula is C17H16N4O3S. The van der Waals surface area contributed by atoms with Crippen molar-refractivity contribution in [3.63, 3.8) is 0 Å². The Bertz CT molecular complexity index is 921. The summed E-state index contributed by atoms with van der Waals surface area (Å²) in [7, 11) is 0. The second-order valence-corrected chi connectivity index (χ2v) is 6.69. The number of anilines is 3. The number of fused-ring (bicyclic) bond motifs is 1. The number of para-hydroxylation sites is 2. The molecule has 3 aromatic rings. The molecule has 0 saturated carbocycles. The Labute approximate surface area is 148 Å². The highest BCUT2D eigenvalue weighted by Gasteiger charge is 2.16. The molecule has 128 valence electrons.